The lowest BCUT2D eigenvalue weighted by molar-refractivity contribution is -0.137. The van der Waals surface area contributed by atoms with Gasteiger partial charge >= 0.3 is 12.2 Å². The van der Waals surface area contributed by atoms with E-state index >= 15 is 0 Å². The Morgan fingerprint density at radius 2 is 1.89 bits per heavy atom. The fourth-order valence-corrected chi connectivity index (χ4v) is 3.63. The van der Waals surface area contributed by atoms with Gasteiger partial charge in [0.25, 0.3) is 0 Å². The first-order chi connectivity index (χ1) is 13.2. The Bertz CT molecular complexity index is 884. The summed E-state index contributed by atoms with van der Waals surface area (Å²) in [7, 11) is 0. The van der Waals surface area contributed by atoms with Crippen LogP contribution in [-0.4, -0.2) is 28.4 Å². The van der Waals surface area contributed by atoms with E-state index in [9.17, 15) is 18.0 Å². The van der Waals surface area contributed by atoms with Crippen molar-refractivity contribution in [3.05, 3.63) is 58.9 Å². The molecule has 2 N–H and O–H groups in total. The summed E-state index contributed by atoms with van der Waals surface area (Å²) in [5.74, 6) is 0.0927. The third-order valence-electron chi connectivity index (χ3n) is 4.89. The highest BCUT2D eigenvalue weighted by atomic mass is 19.4. The van der Waals surface area contributed by atoms with Crippen LogP contribution in [0.1, 0.15) is 41.8 Å². The molecule has 3 rings (SSSR count). The Hall–Kier alpha value is -2.77. The van der Waals surface area contributed by atoms with Crippen LogP contribution in [0.15, 0.2) is 36.4 Å². The minimum atomic E-state index is -4.36. The van der Waals surface area contributed by atoms with Gasteiger partial charge in [0, 0.05) is 29.8 Å². The highest BCUT2D eigenvalue weighted by molar-refractivity contribution is 5.74. The van der Waals surface area contributed by atoms with Gasteiger partial charge in [0.15, 0.2) is 0 Å². The second-order valence-electron chi connectivity index (χ2n) is 6.88. The molecule has 1 heterocycles. The first-order valence-electron chi connectivity index (χ1n) is 9.17. The molecular formula is C20H23F3N4O. The van der Waals surface area contributed by atoms with Crippen LogP contribution in [0.3, 0.4) is 0 Å². The van der Waals surface area contributed by atoms with Crippen molar-refractivity contribution in [2.75, 3.05) is 6.54 Å². The summed E-state index contributed by atoms with van der Waals surface area (Å²) in [5.41, 5.74) is 2.64. The van der Waals surface area contributed by atoms with Gasteiger partial charge in [0.05, 0.1) is 16.9 Å². The number of aromatic nitrogens is 2. The number of nitrogens with one attached hydrogen (secondary N) is 2. The lowest BCUT2D eigenvalue weighted by Crippen LogP contribution is -2.40. The summed E-state index contributed by atoms with van der Waals surface area (Å²) < 4.78 is 40.0. The topological polar surface area (TPSA) is 59.0 Å². The Morgan fingerprint density at radius 1 is 1.21 bits per heavy atom. The maximum Gasteiger partial charge on any atom is 0.416 e. The molecule has 2 atom stereocenters. The minimum Gasteiger partial charge on any atom is -0.338 e. The average Bonchev–Trinajstić information content (AvgIpc) is 3.18. The number of hydrogen-bond donors (Lipinski definition) is 2. The largest absolute Gasteiger partial charge is 0.416 e. The number of carbonyl (C=O) groups is 1. The molecule has 5 nitrogen and oxygen atoms in total. The van der Waals surface area contributed by atoms with Crippen molar-refractivity contribution in [2.45, 2.75) is 45.3 Å². The van der Waals surface area contributed by atoms with E-state index < -0.39 is 11.7 Å². The molecule has 2 aromatic rings. The number of nitrogens with zero attached hydrogens (tertiary/aromatic N) is 2. The number of aryl methyl sites for hydroxylation is 1. The monoisotopic (exact) mass is 392 g/mol. The molecule has 0 saturated carbocycles. The van der Waals surface area contributed by atoms with E-state index in [2.05, 4.69) is 15.7 Å². The van der Waals surface area contributed by atoms with Gasteiger partial charge in [-0.1, -0.05) is 12.2 Å². The van der Waals surface area contributed by atoms with Gasteiger partial charge in [-0.2, -0.15) is 18.3 Å². The zero-order valence-electron chi connectivity index (χ0n) is 16.0. The van der Waals surface area contributed by atoms with Crippen molar-refractivity contribution in [3.8, 4) is 5.69 Å². The number of halogens is 3. The smallest absolute Gasteiger partial charge is 0.338 e. The van der Waals surface area contributed by atoms with Crippen LogP contribution >= 0.6 is 0 Å². The van der Waals surface area contributed by atoms with E-state index in [1.807, 2.05) is 32.9 Å². The molecule has 8 heteroatoms. The van der Waals surface area contributed by atoms with Crippen LogP contribution < -0.4 is 10.6 Å². The van der Waals surface area contributed by atoms with Crippen molar-refractivity contribution in [1.82, 2.24) is 20.4 Å². The van der Waals surface area contributed by atoms with Crippen molar-refractivity contribution in [2.24, 2.45) is 0 Å². The number of rotatable bonds is 4. The number of hydrogen-bond acceptors (Lipinski definition) is 2. The number of benzene rings is 1. The highest BCUT2D eigenvalue weighted by Gasteiger charge is 2.30. The van der Waals surface area contributed by atoms with Gasteiger partial charge < -0.3 is 10.6 Å². The zero-order chi connectivity index (χ0) is 20.5. The second kappa shape index (κ2) is 7.69. The van der Waals surface area contributed by atoms with Crippen LogP contribution in [0.25, 0.3) is 5.69 Å². The molecule has 1 aliphatic rings. The Labute approximate surface area is 161 Å². The Morgan fingerprint density at radius 3 is 2.50 bits per heavy atom. The molecular weight excluding hydrogens is 369 g/mol. The average molecular weight is 392 g/mol. The Kier molecular flexibility index (Phi) is 5.49. The minimum absolute atomic E-state index is 0.0650. The predicted octanol–water partition coefficient (Wildman–Crippen LogP) is 4.24. The number of alkyl halides is 3. The number of allylic oxidation sites excluding steroid dienone is 1. The van der Waals surface area contributed by atoms with E-state index in [0.717, 1.165) is 35.5 Å². The fourth-order valence-electron chi connectivity index (χ4n) is 3.63. The molecule has 150 valence electrons. The van der Waals surface area contributed by atoms with Crippen LogP contribution in [-0.2, 0) is 6.18 Å². The number of urea groups is 1. The summed E-state index contributed by atoms with van der Waals surface area (Å²) in [5, 5.41) is 10.2. The predicted molar refractivity (Wildman–Crippen MR) is 101 cm³/mol. The molecule has 0 spiro atoms. The number of carbonyl (C=O) groups excluding carboxylic acids is 1. The molecule has 1 aromatic carbocycles. The first kappa shape index (κ1) is 20.0. The van der Waals surface area contributed by atoms with Crippen molar-refractivity contribution >= 4 is 6.03 Å². The van der Waals surface area contributed by atoms with Gasteiger partial charge in [-0.25, -0.2) is 9.48 Å². The van der Waals surface area contributed by atoms with Crippen LogP contribution in [0, 0.1) is 13.8 Å². The summed E-state index contributed by atoms with van der Waals surface area (Å²) in [4.78, 5) is 11.7. The molecule has 0 aliphatic heterocycles. The van der Waals surface area contributed by atoms with E-state index in [1.165, 1.54) is 12.1 Å². The SMILES string of the molecule is CCNC(=O)N[C@@H]1C=C[C@@H](c2c(C)nn(-c3ccc(C(F)(F)F)cc3)c2C)C1. The van der Waals surface area contributed by atoms with E-state index in [1.54, 1.807) is 4.68 Å². The maximum atomic E-state index is 12.8. The molecule has 0 saturated heterocycles. The molecule has 2 amide bonds. The fraction of sp³-hybridized carbons (Fsp3) is 0.400. The molecule has 1 aliphatic carbocycles. The zero-order valence-corrected chi connectivity index (χ0v) is 16.0. The van der Waals surface area contributed by atoms with Crippen molar-refractivity contribution in [1.29, 1.82) is 0 Å². The van der Waals surface area contributed by atoms with Gasteiger partial charge in [-0.3, -0.25) is 0 Å². The lowest BCUT2D eigenvalue weighted by Gasteiger charge is -2.15. The van der Waals surface area contributed by atoms with E-state index in [-0.39, 0.29) is 18.0 Å². The van der Waals surface area contributed by atoms with Crippen molar-refractivity contribution < 1.29 is 18.0 Å². The van der Waals surface area contributed by atoms with Crippen LogP contribution in [0.5, 0.6) is 0 Å². The normalized spacial score (nSPS) is 19.1. The van der Waals surface area contributed by atoms with Gasteiger partial charge in [0.1, 0.15) is 0 Å². The third-order valence-corrected chi connectivity index (χ3v) is 4.89. The van der Waals surface area contributed by atoms with E-state index in [0.29, 0.717) is 12.2 Å². The molecule has 0 fully saturated rings. The van der Waals surface area contributed by atoms with Gasteiger partial charge in [-0.05, 0) is 51.5 Å². The molecule has 28 heavy (non-hydrogen) atoms. The molecule has 0 bridgehead atoms. The quantitative estimate of drug-likeness (QED) is 0.765. The van der Waals surface area contributed by atoms with Crippen LogP contribution in [0.4, 0.5) is 18.0 Å². The van der Waals surface area contributed by atoms with Crippen LogP contribution in [0.2, 0.25) is 0 Å². The maximum absolute atomic E-state index is 12.8. The molecule has 1 aromatic heterocycles. The summed E-state index contributed by atoms with van der Waals surface area (Å²) in [6.07, 6.45) is 0.371. The second-order valence-corrected chi connectivity index (χ2v) is 6.88. The Balaban J connectivity index is 1.80. The van der Waals surface area contributed by atoms with Gasteiger partial charge in [0.2, 0.25) is 0 Å². The van der Waals surface area contributed by atoms with Gasteiger partial charge in [-0.15, -0.1) is 0 Å². The lowest BCUT2D eigenvalue weighted by atomic mass is 9.96. The standard InChI is InChI=1S/C20H23F3N4O/c1-4-24-19(28)25-16-8-5-14(11-16)18-12(2)26-27(13(18)3)17-9-6-15(7-10-17)20(21,22)23/h5-10,14,16H,4,11H2,1-3H3,(H2,24,25,28)/t14-,16-/m1/s1. The summed E-state index contributed by atoms with van der Waals surface area (Å²) in [6, 6.07) is 4.71. The van der Waals surface area contributed by atoms with Crippen molar-refractivity contribution in [3.63, 3.8) is 0 Å². The first-order valence-corrected chi connectivity index (χ1v) is 9.17. The number of amides is 2. The summed E-state index contributed by atoms with van der Waals surface area (Å²) in [6.45, 7) is 6.21. The molecule has 0 radical (unpaired) electrons. The summed E-state index contributed by atoms with van der Waals surface area (Å²) >= 11 is 0. The molecule has 0 unspecified atom stereocenters. The van der Waals surface area contributed by atoms with E-state index in [4.69, 9.17) is 0 Å². The third kappa shape index (κ3) is 4.05. The highest BCUT2D eigenvalue weighted by Crippen LogP contribution is 2.34.